The summed E-state index contributed by atoms with van der Waals surface area (Å²) in [6, 6.07) is 25.9. The molecule has 1 aliphatic rings. The van der Waals surface area contributed by atoms with E-state index in [9.17, 15) is 0 Å². The van der Waals surface area contributed by atoms with Crippen LogP contribution in [-0.2, 0) is 13.0 Å². The van der Waals surface area contributed by atoms with Gasteiger partial charge in [-0.1, -0.05) is 78.9 Å². The molecule has 142 valence electrons. The molecule has 1 heterocycles. The molecule has 1 aliphatic heterocycles. The maximum atomic E-state index is 5.59. The maximum Gasteiger partial charge on any atom is 0.122 e. The predicted octanol–water partition coefficient (Wildman–Crippen LogP) is 5.82. The van der Waals surface area contributed by atoms with Gasteiger partial charge < -0.3 is 9.64 Å². The van der Waals surface area contributed by atoms with Crippen molar-refractivity contribution in [1.82, 2.24) is 4.90 Å². The number of benzene rings is 3. The molecule has 0 aromatic heterocycles. The molecule has 0 unspecified atom stereocenters. The standard InChI is InChI=1S/C26H27NO/c1-27(20-22-12-15-26-25(19-22)16-18-28-26)17-6-5-7-21-10-13-24(14-11-21)23-8-3-2-4-9-23/h2-5,7-15,19H,6,16-18,20H2,1H3/b7-5+. The van der Waals surface area contributed by atoms with Crippen molar-refractivity contribution in [1.29, 1.82) is 0 Å². The molecule has 2 nitrogen and oxygen atoms in total. The lowest BCUT2D eigenvalue weighted by molar-refractivity contribution is 0.333. The van der Waals surface area contributed by atoms with Crippen molar-refractivity contribution in [3.63, 3.8) is 0 Å². The van der Waals surface area contributed by atoms with E-state index in [-0.39, 0.29) is 0 Å². The van der Waals surface area contributed by atoms with E-state index in [1.807, 2.05) is 0 Å². The second-order valence-electron chi connectivity index (χ2n) is 7.46. The normalized spacial score (nSPS) is 13.1. The number of hydrogen-bond acceptors (Lipinski definition) is 2. The van der Waals surface area contributed by atoms with E-state index in [0.717, 1.165) is 38.3 Å². The minimum absolute atomic E-state index is 0.825. The van der Waals surface area contributed by atoms with E-state index in [0.29, 0.717) is 0 Å². The van der Waals surface area contributed by atoms with Crippen LogP contribution < -0.4 is 4.74 Å². The van der Waals surface area contributed by atoms with E-state index >= 15 is 0 Å². The molecule has 28 heavy (non-hydrogen) atoms. The van der Waals surface area contributed by atoms with Crippen LogP contribution in [0.1, 0.15) is 23.1 Å². The van der Waals surface area contributed by atoms with Crippen LogP contribution in [0.25, 0.3) is 17.2 Å². The molecule has 0 bridgehead atoms. The first kappa shape index (κ1) is 18.5. The summed E-state index contributed by atoms with van der Waals surface area (Å²) in [5.74, 6) is 1.06. The Hall–Kier alpha value is -2.84. The van der Waals surface area contributed by atoms with Crippen molar-refractivity contribution in [2.45, 2.75) is 19.4 Å². The van der Waals surface area contributed by atoms with Crippen molar-refractivity contribution in [3.8, 4) is 16.9 Å². The molecular weight excluding hydrogens is 342 g/mol. The predicted molar refractivity (Wildman–Crippen MR) is 118 cm³/mol. The molecule has 0 fully saturated rings. The van der Waals surface area contributed by atoms with Gasteiger partial charge in [0.1, 0.15) is 5.75 Å². The first-order valence-electron chi connectivity index (χ1n) is 10.0. The summed E-state index contributed by atoms with van der Waals surface area (Å²) in [6.45, 7) is 2.85. The molecule has 0 N–H and O–H groups in total. The van der Waals surface area contributed by atoms with Gasteiger partial charge in [-0.25, -0.2) is 0 Å². The summed E-state index contributed by atoms with van der Waals surface area (Å²) in [4.78, 5) is 2.38. The van der Waals surface area contributed by atoms with Crippen LogP contribution in [0, 0.1) is 0 Å². The SMILES string of the molecule is CN(CC/C=C/c1ccc(-c2ccccc2)cc1)Cc1ccc2c(c1)CCO2. The summed E-state index contributed by atoms with van der Waals surface area (Å²) < 4.78 is 5.59. The first-order valence-corrected chi connectivity index (χ1v) is 10.0. The molecule has 4 rings (SSSR count). The van der Waals surface area contributed by atoms with Crippen LogP contribution in [-0.4, -0.2) is 25.1 Å². The van der Waals surface area contributed by atoms with E-state index in [2.05, 4.69) is 96.9 Å². The summed E-state index contributed by atoms with van der Waals surface area (Å²) in [7, 11) is 2.19. The summed E-state index contributed by atoms with van der Waals surface area (Å²) >= 11 is 0. The van der Waals surface area contributed by atoms with Gasteiger partial charge >= 0.3 is 0 Å². The lowest BCUT2D eigenvalue weighted by Gasteiger charge is -2.16. The number of fused-ring (bicyclic) bond motifs is 1. The van der Waals surface area contributed by atoms with Crippen LogP contribution >= 0.6 is 0 Å². The average Bonchev–Trinajstić information content (AvgIpc) is 3.20. The Kier molecular flexibility index (Phi) is 5.89. The maximum absolute atomic E-state index is 5.59. The second-order valence-corrected chi connectivity index (χ2v) is 7.46. The largest absolute Gasteiger partial charge is 0.493 e. The lowest BCUT2D eigenvalue weighted by atomic mass is 10.0. The van der Waals surface area contributed by atoms with Crippen LogP contribution in [0.4, 0.5) is 0 Å². The van der Waals surface area contributed by atoms with Crippen LogP contribution in [0.2, 0.25) is 0 Å². The number of rotatable bonds is 7. The van der Waals surface area contributed by atoms with Gasteiger partial charge in [-0.3, -0.25) is 0 Å². The van der Waals surface area contributed by atoms with Gasteiger partial charge in [0.15, 0.2) is 0 Å². The van der Waals surface area contributed by atoms with Crippen molar-refractivity contribution >= 4 is 6.08 Å². The summed E-state index contributed by atoms with van der Waals surface area (Å²) in [6.07, 6.45) is 6.57. The second kappa shape index (κ2) is 8.90. The quantitative estimate of drug-likeness (QED) is 0.520. The first-order chi connectivity index (χ1) is 13.8. The Bertz CT molecular complexity index is 928. The summed E-state index contributed by atoms with van der Waals surface area (Å²) in [5, 5.41) is 0. The van der Waals surface area contributed by atoms with Gasteiger partial charge in [0, 0.05) is 19.5 Å². The zero-order chi connectivity index (χ0) is 19.2. The molecule has 0 saturated carbocycles. The third kappa shape index (κ3) is 4.71. The Morgan fingerprint density at radius 2 is 1.71 bits per heavy atom. The monoisotopic (exact) mass is 369 g/mol. The smallest absolute Gasteiger partial charge is 0.122 e. The molecule has 0 atom stereocenters. The zero-order valence-electron chi connectivity index (χ0n) is 16.5. The fraction of sp³-hybridized carbons (Fsp3) is 0.231. The van der Waals surface area contributed by atoms with Gasteiger partial charge in [-0.05, 0) is 47.4 Å². The topological polar surface area (TPSA) is 12.5 Å². The minimum Gasteiger partial charge on any atom is -0.493 e. The molecule has 2 heteroatoms. The molecule has 3 aromatic carbocycles. The van der Waals surface area contributed by atoms with E-state index < -0.39 is 0 Å². The summed E-state index contributed by atoms with van der Waals surface area (Å²) in [5.41, 5.74) is 6.49. The highest BCUT2D eigenvalue weighted by molar-refractivity contribution is 5.65. The Labute approximate surface area is 168 Å². The highest BCUT2D eigenvalue weighted by Gasteiger charge is 2.12. The molecule has 0 amide bonds. The third-order valence-electron chi connectivity index (χ3n) is 5.21. The van der Waals surface area contributed by atoms with Gasteiger partial charge in [-0.2, -0.15) is 0 Å². The minimum atomic E-state index is 0.825. The average molecular weight is 370 g/mol. The Morgan fingerprint density at radius 3 is 2.54 bits per heavy atom. The fourth-order valence-corrected chi connectivity index (χ4v) is 3.66. The molecular formula is C26H27NO. The molecule has 3 aromatic rings. The van der Waals surface area contributed by atoms with Crippen molar-refractivity contribution < 1.29 is 4.74 Å². The zero-order valence-corrected chi connectivity index (χ0v) is 16.5. The van der Waals surface area contributed by atoms with Crippen molar-refractivity contribution in [2.24, 2.45) is 0 Å². The van der Waals surface area contributed by atoms with E-state index in [1.165, 1.54) is 27.8 Å². The van der Waals surface area contributed by atoms with Crippen LogP contribution in [0.15, 0.2) is 78.9 Å². The Morgan fingerprint density at radius 1 is 0.929 bits per heavy atom. The lowest BCUT2D eigenvalue weighted by Crippen LogP contribution is -2.18. The van der Waals surface area contributed by atoms with Gasteiger partial charge in [-0.15, -0.1) is 0 Å². The van der Waals surface area contributed by atoms with Crippen LogP contribution in [0.5, 0.6) is 5.75 Å². The van der Waals surface area contributed by atoms with Crippen molar-refractivity contribution in [2.75, 3.05) is 20.2 Å². The molecule has 0 saturated heterocycles. The third-order valence-corrected chi connectivity index (χ3v) is 5.21. The Balaban J connectivity index is 1.26. The van der Waals surface area contributed by atoms with Gasteiger partial charge in [0.05, 0.1) is 6.61 Å². The highest BCUT2D eigenvalue weighted by atomic mass is 16.5. The van der Waals surface area contributed by atoms with E-state index in [1.54, 1.807) is 0 Å². The van der Waals surface area contributed by atoms with Gasteiger partial charge in [0.2, 0.25) is 0 Å². The van der Waals surface area contributed by atoms with Crippen molar-refractivity contribution in [3.05, 3.63) is 95.6 Å². The molecule has 0 spiro atoms. The highest BCUT2D eigenvalue weighted by Crippen LogP contribution is 2.26. The van der Waals surface area contributed by atoms with Crippen LogP contribution in [0.3, 0.4) is 0 Å². The number of ether oxygens (including phenoxy) is 1. The fourth-order valence-electron chi connectivity index (χ4n) is 3.66. The number of nitrogens with zero attached hydrogens (tertiary/aromatic N) is 1. The van der Waals surface area contributed by atoms with Gasteiger partial charge in [0.25, 0.3) is 0 Å². The molecule has 0 radical (unpaired) electrons. The number of hydrogen-bond donors (Lipinski definition) is 0. The van der Waals surface area contributed by atoms with E-state index in [4.69, 9.17) is 4.74 Å². The molecule has 0 aliphatic carbocycles.